The first kappa shape index (κ1) is 21.4. The smallest absolute Gasteiger partial charge is 0.191 e. The summed E-state index contributed by atoms with van der Waals surface area (Å²) in [5, 5.41) is 13.1. The van der Waals surface area contributed by atoms with Crippen LogP contribution < -0.4 is 14.8 Å². The third kappa shape index (κ3) is 4.58. The largest absolute Gasteiger partial charge is 0.497 e. The number of nitrogens with one attached hydrogen (secondary N) is 2. The topological polar surface area (TPSA) is 83.6 Å². The van der Waals surface area contributed by atoms with Crippen LogP contribution in [0.5, 0.6) is 11.5 Å². The van der Waals surface area contributed by atoms with Crippen LogP contribution in [-0.2, 0) is 0 Å². The molecule has 164 valence electrons. The average molecular weight is 434 g/mol. The van der Waals surface area contributed by atoms with Crippen molar-refractivity contribution in [3.63, 3.8) is 0 Å². The zero-order valence-electron chi connectivity index (χ0n) is 17.5. The molecule has 1 atom stereocenters. The number of anilines is 1. The molecule has 1 unspecified atom stereocenters. The first-order valence-electron chi connectivity index (χ1n) is 10.1. The molecule has 4 aromatic rings. The number of H-pyrrole nitrogens is 1. The standard InChI is InChI=1S/C25H23FN2O4/c1-31-19-12-18(13-20(14-19)32-11-10-29)28-24(16-6-8-17(26)9-7-16)25(30)22-15-27-23-5-3-2-4-21(22)23/h2-9,12-15,24,27-29H,10-11H2,1H3. The van der Waals surface area contributed by atoms with E-state index in [2.05, 4.69) is 10.3 Å². The first-order valence-corrected chi connectivity index (χ1v) is 10.1. The van der Waals surface area contributed by atoms with Crippen molar-refractivity contribution >= 4 is 22.4 Å². The van der Waals surface area contributed by atoms with E-state index in [0.717, 1.165) is 10.9 Å². The number of Topliss-reactive ketones (excluding diaryl/α,β-unsaturated/α-hetero) is 1. The van der Waals surface area contributed by atoms with E-state index in [1.807, 2.05) is 24.3 Å². The Balaban J connectivity index is 1.74. The number of ether oxygens (including phenoxy) is 2. The van der Waals surface area contributed by atoms with Gasteiger partial charge >= 0.3 is 0 Å². The Morgan fingerprint density at radius 2 is 1.84 bits per heavy atom. The highest BCUT2D eigenvalue weighted by molar-refractivity contribution is 6.11. The SMILES string of the molecule is COc1cc(NC(C(=O)c2c[nH]c3ccccc23)c2ccc(F)cc2)cc(OCCO)c1. The molecule has 0 spiro atoms. The molecule has 0 aliphatic heterocycles. The van der Waals surface area contributed by atoms with E-state index >= 15 is 0 Å². The summed E-state index contributed by atoms with van der Waals surface area (Å²) in [6.45, 7) is -0.000502. The van der Waals surface area contributed by atoms with Gasteiger partial charge in [0, 0.05) is 46.5 Å². The highest BCUT2D eigenvalue weighted by Gasteiger charge is 2.25. The predicted octanol–water partition coefficient (Wildman–Crippen LogP) is 4.72. The lowest BCUT2D eigenvalue weighted by atomic mass is 9.96. The molecule has 7 heteroatoms. The molecule has 0 radical (unpaired) electrons. The van der Waals surface area contributed by atoms with Gasteiger partial charge in [-0.15, -0.1) is 0 Å². The van der Waals surface area contributed by atoms with Crippen LogP contribution in [-0.4, -0.2) is 36.2 Å². The van der Waals surface area contributed by atoms with E-state index in [1.165, 1.54) is 19.2 Å². The number of hydrogen-bond donors (Lipinski definition) is 3. The minimum absolute atomic E-state index is 0.127. The van der Waals surface area contributed by atoms with Gasteiger partial charge in [-0.1, -0.05) is 30.3 Å². The van der Waals surface area contributed by atoms with E-state index < -0.39 is 6.04 Å². The van der Waals surface area contributed by atoms with Gasteiger partial charge in [0.05, 0.1) is 13.7 Å². The number of benzene rings is 3. The van der Waals surface area contributed by atoms with Crippen LogP contribution in [0.15, 0.2) is 72.9 Å². The van der Waals surface area contributed by atoms with Crippen molar-refractivity contribution in [1.82, 2.24) is 4.98 Å². The second kappa shape index (κ2) is 9.53. The van der Waals surface area contributed by atoms with Crippen LogP contribution in [0.3, 0.4) is 0 Å². The zero-order chi connectivity index (χ0) is 22.5. The summed E-state index contributed by atoms with van der Waals surface area (Å²) in [6.07, 6.45) is 1.69. The van der Waals surface area contributed by atoms with E-state index in [4.69, 9.17) is 14.6 Å². The van der Waals surface area contributed by atoms with Gasteiger partial charge in [0.2, 0.25) is 0 Å². The third-order valence-electron chi connectivity index (χ3n) is 5.11. The van der Waals surface area contributed by atoms with Gasteiger partial charge in [0.1, 0.15) is 30.0 Å². The third-order valence-corrected chi connectivity index (χ3v) is 5.11. The highest BCUT2D eigenvalue weighted by Crippen LogP contribution is 2.32. The maximum absolute atomic E-state index is 13.6. The predicted molar refractivity (Wildman–Crippen MR) is 121 cm³/mol. The minimum Gasteiger partial charge on any atom is -0.497 e. The molecule has 32 heavy (non-hydrogen) atoms. The normalized spacial score (nSPS) is 11.8. The Labute approximate surface area is 184 Å². The molecule has 0 fully saturated rings. The molecule has 3 N–H and O–H groups in total. The number of ketones is 1. The fourth-order valence-corrected chi connectivity index (χ4v) is 3.57. The van der Waals surface area contributed by atoms with Crippen molar-refractivity contribution in [3.8, 4) is 11.5 Å². The number of rotatable bonds is 9. The number of carbonyl (C=O) groups excluding carboxylic acids is 1. The van der Waals surface area contributed by atoms with Crippen LogP contribution >= 0.6 is 0 Å². The fourth-order valence-electron chi connectivity index (χ4n) is 3.57. The number of aliphatic hydroxyl groups is 1. The summed E-state index contributed by atoms with van der Waals surface area (Å²) >= 11 is 0. The van der Waals surface area contributed by atoms with Gasteiger partial charge in [-0.3, -0.25) is 4.79 Å². The summed E-state index contributed by atoms with van der Waals surface area (Å²) < 4.78 is 24.4. The van der Waals surface area contributed by atoms with Crippen LogP contribution in [0.2, 0.25) is 0 Å². The van der Waals surface area contributed by atoms with Crippen LogP contribution in [0, 0.1) is 5.82 Å². The Morgan fingerprint density at radius 3 is 2.59 bits per heavy atom. The van der Waals surface area contributed by atoms with Gasteiger partial charge in [-0.05, 0) is 23.8 Å². The molecule has 0 aliphatic carbocycles. The zero-order valence-corrected chi connectivity index (χ0v) is 17.5. The molecule has 0 bridgehead atoms. The number of aromatic amines is 1. The van der Waals surface area contributed by atoms with Crippen molar-refractivity contribution in [2.45, 2.75) is 6.04 Å². The molecule has 0 amide bonds. The quantitative estimate of drug-likeness (QED) is 0.332. The summed E-state index contributed by atoms with van der Waals surface area (Å²) in [5.74, 6) is 0.460. The van der Waals surface area contributed by atoms with E-state index in [9.17, 15) is 9.18 Å². The van der Waals surface area contributed by atoms with E-state index in [1.54, 1.807) is 36.5 Å². The summed E-state index contributed by atoms with van der Waals surface area (Å²) in [7, 11) is 1.53. The second-order valence-corrected chi connectivity index (χ2v) is 7.21. The maximum atomic E-state index is 13.6. The number of carbonyl (C=O) groups is 1. The minimum atomic E-state index is -0.785. The number of aromatic nitrogens is 1. The Kier molecular flexibility index (Phi) is 6.37. The molecular formula is C25H23FN2O4. The molecule has 1 heterocycles. The van der Waals surface area contributed by atoms with Gasteiger partial charge in [-0.25, -0.2) is 4.39 Å². The van der Waals surface area contributed by atoms with Crippen molar-refractivity contribution in [3.05, 3.63) is 89.9 Å². The van der Waals surface area contributed by atoms with E-state index in [-0.39, 0.29) is 24.8 Å². The number of halogens is 1. The fraction of sp³-hybridized carbons (Fsp3) is 0.160. The summed E-state index contributed by atoms with van der Waals surface area (Å²) in [6, 6.07) is 17.7. The molecule has 6 nitrogen and oxygen atoms in total. The number of aliphatic hydroxyl groups excluding tert-OH is 1. The number of hydrogen-bond acceptors (Lipinski definition) is 5. The second-order valence-electron chi connectivity index (χ2n) is 7.21. The average Bonchev–Trinajstić information content (AvgIpc) is 3.25. The number of para-hydroxylation sites is 1. The molecule has 4 rings (SSSR count). The lowest BCUT2D eigenvalue weighted by Crippen LogP contribution is -2.21. The first-order chi connectivity index (χ1) is 15.6. The monoisotopic (exact) mass is 434 g/mol. The Hall–Kier alpha value is -3.84. The Morgan fingerprint density at radius 1 is 1.09 bits per heavy atom. The number of methoxy groups -OCH3 is 1. The van der Waals surface area contributed by atoms with Crippen molar-refractivity contribution in [1.29, 1.82) is 0 Å². The Bertz CT molecular complexity index is 1220. The summed E-state index contributed by atoms with van der Waals surface area (Å²) in [4.78, 5) is 16.8. The highest BCUT2D eigenvalue weighted by atomic mass is 19.1. The molecule has 0 saturated heterocycles. The van der Waals surface area contributed by atoms with Crippen molar-refractivity contribution in [2.75, 3.05) is 25.6 Å². The van der Waals surface area contributed by atoms with Gasteiger partial charge in [0.15, 0.2) is 5.78 Å². The molecule has 1 aromatic heterocycles. The molecule has 0 saturated carbocycles. The molecular weight excluding hydrogens is 411 g/mol. The van der Waals surface area contributed by atoms with E-state index in [0.29, 0.717) is 28.3 Å². The van der Waals surface area contributed by atoms with Gasteiger partial charge < -0.3 is 24.9 Å². The van der Waals surface area contributed by atoms with Crippen LogP contribution in [0.1, 0.15) is 22.0 Å². The maximum Gasteiger partial charge on any atom is 0.191 e. The van der Waals surface area contributed by atoms with Crippen LogP contribution in [0.4, 0.5) is 10.1 Å². The molecule has 3 aromatic carbocycles. The number of fused-ring (bicyclic) bond motifs is 1. The lowest BCUT2D eigenvalue weighted by molar-refractivity contribution is 0.0971. The van der Waals surface area contributed by atoms with Crippen molar-refractivity contribution < 1.29 is 23.8 Å². The summed E-state index contributed by atoms with van der Waals surface area (Å²) in [5.41, 5.74) is 2.58. The van der Waals surface area contributed by atoms with Crippen LogP contribution in [0.25, 0.3) is 10.9 Å². The lowest BCUT2D eigenvalue weighted by Gasteiger charge is -2.20. The van der Waals surface area contributed by atoms with Crippen molar-refractivity contribution in [2.24, 2.45) is 0 Å². The van der Waals surface area contributed by atoms with Gasteiger partial charge in [0.25, 0.3) is 0 Å². The molecule has 0 aliphatic rings. The van der Waals surface area contributed by atoms with Gasteiger partial charge in [-0.2, -0.15) is 0 Å².